The van der Waals surface area contributed by atoms with Gasteiger partial charge < -0.3 is 9.80 Å². The van der Waals surface area contributed by atoms with Gasteiger partial charge in [-0.25, -0.2) is 0 Å². The molecule has 0 N–H and O–H groups in total. The number of likely N-dealkylation sites (tertiary alicyclic amines) is 1. The number of hydrogen-bond donors (Lipinski definition) is 0. The Bertz CT molecular complexity index is 937. The number of hydrogen-bond acceptors (Lipinski definition) is 3. The van der Waals surface area contributed by atoms with Crippen molar-refractivity contribution in [3.05, 3.63) is 54.4 Å². The van der Waals surface area contributed by atoms with Crippen LogP contribution >= 0.6 is 0 Å². The number of nitrogens with zero attached hydrogens (tertiary/aromatic N) is 3. The van der Waals surface area contributed by atoms with E-state index in [-0.39, 0.29) is 17.7 Å². The normalized spacial score (nSPS) is 21.9. The Hall–Kier alpha value is -2.69. The average molecular weight is 434 g/mol. The fourth-order valence-corrected chi connectivity index (χ4v) is 5.58. The molecule has 1 saturated carbocycles. The van der Waals surface area contributed by atoms with Crippen LogP contribution in [-0.2, 0) is 16.0 Å². The Labute approximate surface area is 191 Å². The summed E-state index contributed by atoms with van der Waals surface area (Å²) in [7, 11) is 3.66. The number of pyridine rings is 1. The van der Waals surface area contributed by atoms with E-state index in [0.717, 1.165) is 61.8 Å². The fraction of sp³-hybridized carbons (Fsp3) is 0.519. The summed E-state index contributed by atoms with van der Waals surface area (Å²) in [5.74, 6) is 0.540. The van der Waals surface area contributed by atoms with Crippen molar-refractivity contribution in [3.8, 4) is 11.1 Å². The van der Waals surface area contributed by atoms with Gasteiger partial charge in [-0.2, -0.15) is 0 Å². The summed E-state index contributed by atoms with van der Waals surface area (Å²) in [6.45, 7) is 1.30. The third-order valence-corrected chi connectivity index (χ3v) is 7.17. The third-order valence-electron chi connectivity index (χ3n) is 7.17. The first-order valence-corrected chi connectivity index (χ1v) is 12.0. The molecule has 0 bridgehead atoms. The Morgan fingerprint density at radius 2 is 1.84 bits per heavy atom. The van der Waals surface area contributed by atoms with E-state index in [2.05, 4.69) is 35.3 Å². The van der Waals surface area contributed by atoms with Gasteiger partial charge in [0.15, 0.2) is 0 Å². The molecule has 2 amide bonds. The van der Waals surface area contributed by atoms with E-state index in [1.807, 2.05) is 31.3 Å². The van der Waals surface area contributed by atoms with Gasteiger partial charge in [0.25, 0.3) is 0 Å². The number of piperidine rings is 1. The Balaban J connectivity index is 1.59. The smallest absolute Gasteiger partial charge is 0.230 e. The summed E-state index contributed by atoms with van der Waals surface area (Å²) in [5.41, 5.74) is 2.74. The van der Waals surface area contributed by atoms with Crippen LogP contribution in [0.5, 0.6) is 0 Å². The fourth-order valence-electron chi connectivity index (χ4n) is 5.58. The zero-order valence-corrected chi connectivity index (χ0v) is 19.4. The van der Waals surface area contributed by atoms with Gasteiger partial charge in [0.1, 0.15) is 0 Å². The van der Waals surface area contributed by atoms with Crippen molar-refractivity contribution in [2.75, 3.05) is 27.2 Å². The van der Waals surface area contributed by atoms with Crippen LogP contribution in [-0.4, -0.2) is 53.8 Å². The van der Waals surface area contributed by atoms with Crippen LogP contribution in [0.3, 0.4) is 0 Å². The highest BCUT2D eigenvalue weighted by molar-refractivity contribution is 5.85. The maximum absolute atomic E-state index is 13.5. The van der Waals surface area contributed by atoms with Crippen LogP contribution in [0.15, 0.2) is 48.8 Å². The van der Waals surface area contributed by atoms with Crippen molar-refractivity contribution >= 4 is 11.8 Å². The molecule has 170 valence electrons. The van der Waals surface area contributed by atoms with Crippen LogP contribution in [0.1, 0.15) is 50.5 Å². The molecule has 1 saturated heterocycles. The molecule has 2 heterocycles. The lowest BCUT2D eigenvalue weighted by atomic mass is 9.73. The maximum atomic E-state index is 13.5. The number of carbonyl (C=O) groups excluding carboxylic acids is 2. The Kier molecular flexibility index (Phi) is 6.92. The number of carbonyl (C=O) groups is 2. The molecule has 1 aliphatic carbocycles. The van der Waals surface area contributed by atoms with E-state index in [1.54, 1.807) is 11.1 Å². The summed E-state index contributed by atoms with van der Waals surface area (Å²) in [5, 5.41) is 0. The molecule has 5 nitrogen and oxygen atoms in total. The van der Waals surface area contributed by atoms with Gasteiger partial charge in [-0.1, -0.05) is 49.6 Å². The van der Waals surface area contributed by atoms with Crippen molar-refractivity contribution in [1.82, 2.24) is 14.8 Å². The van der Waals surface area contributed by atoms with Crippen LogP contribution in [0, 0.1) is 11.3 Å². The lowest BCUT2D eigenvalue weighted by molar-refractivity contribution is -0.149. The van der Waals surface area contributed by atoms with Crippen molar-refractivity contribution in [2.24, 2.45) is 11.3 Å². The van der Waals surface area contributed by atoms with Crippen LogP contribution in [0.25, 0.3) is 11.1 Å². The van der Waals surface area contributed by atoms with Crippen LogP contribution < -0.4 is 0 Å². The topological polar surface area (TPSA) is 53.5 Å². The molecule has 1 aliphatic heterocycles. The SMILES string of the molecule is CN(C)C(=O)[C@@]1(Cc2cccc(-c3cccnc3)c2)CCCN(C(=O)C2CCCCC2)C1. The zero-order valence-electron chi connectivity index (χ0n) is 19.4. The largest absolute Gasteiger partial charge is 0.348 e. The highest BCUT2D eigenvalue weighted by Crippen LogP contribution is 2.38. The van der Waals surface area contributed by atoms with Gasteiger partial charge in [-0.3, -0.25) is 14.6 Å². The predicted molar refractivity (Wildman–Crippen MR) is 127 cm³/mol. The van der Waals surface area contributed by atoms with Gasteiger partial charge in [0.05, 0.1) is 5.41 Å². The predicted octanol–water partition coefficient (Wildman–Crippen LogP) is 4.57. The second kappa shape index (κ2) is 9.85. The highest BCUT2D eigenvalue weighted by Gasteiger charge is 2.45. The number of aromatic nitrogens is 1. The molecule has 1 aromatic carbocycles. The molecule has 1 aromatic heterocycles. The van der Waals surface area contributed by atoms with E-state index in [9.17, 15) is 9.59 Å². The number of benzene rings is 1. The van der Waals surface area contributed by atoms with Gasteiger partial charge in [0.2, 0.25) is 11.8 Å². The van der Waals surface area contributed by atoms with E-state index >= 15 is 0 Å². The zero-order chi connectivity index (χ0) is 22.6. The summed E-state index contributed by atoms with van der Waals surface area (Å²) in [4.78, 5) is 34.8. The van der Waals surface area contributed by atoms with E-state index in [1.165, 1.54) is 6.42 Å². The summed E-state index contributed by atoms with van der Waals surface area (Å²) in [6.07, 6.45) is 11.5. The summed E-state index contributed by atoms with van der Waals surface area (Å²) < 4.78 is 0. The standard InChI is InChI=1S/C27H35N3O2/c1-29(2)26(32)27(14-8-16-30(20-27)25(31)22-10-4-3-5-11-22)18-21-9-6-12-23(17-21)24-13-7-15-28-19-24/h6-7,9,12-13,15,17,19,22H,3-5,8,10-11,14,16,18,20H2,1-2H3/t27-/m1/s1. The first-order valence-electron chi connectivity index (χ1n) is 12.0. The number of rotatable bonds is 5. The van der Waals surface area contributed by atoms with Gasteiger partial charge >= 0.3 is 0 Å². The third kappa shape index (κ3) is 4.87. The van der Waals surface area contributed by atoms with Crippen molar-refractivity contribution < 1.29 is 9.59 Å². The van der Waals surface area contributed by atoms with Crippen LogP contribution in [0.2, 0.25) is 0 Å². The monoisotopic (exact) mass is 433 g/mol. The minimum absolute atomic E-state index is 0.130. The number of amides is 2. The molecule has 0 unspecified atom stereocenters. The first kappa shape index (κ1) is 22.5. The molecule has 2 aliphatic rings. The summed E-state index contributed by atoms with van der Waals surface area (Å²) in [6, 6.07) is 12.4. The maximum Gasteiger partial charge on any atom is 0.230 e. The average Bonchev–Trinajstić information content (AvgIpc) is 2.84. The highest BCUT2D eigenvalue weighted by atomic mass is 16.2. The molecule has 2 aromatic rings. The first-order chi connectivity index (χ1) is 15.5. The molecular formula is C27H35N3O2. The molecule has 1 atom stereocenters. The Morgan fingerprint density at radius 3 is 2.56 bits per heavy atom. The minimum atomic E-state index is -0.570. The summed E-state index contributed by atoms with van der Waals surface area (Å²) >= 11 is 0. The molecule has 4 rings (SSSR count). The second-order valence-electron chi connectivity index (χ2n) is 9.80. The molecule has 0 radical (unpaired) electrons. The molecule has 0 spiro atoms. The molecule has 32 heavy (non-hydrogen) atoms. The lowest BCUT2D eigenvalue weighted by Crippen LogP contribution is -2.55. The van der Waals surface area contributed by atoms with E-state index < -0.39 is 5.41 Å². The Morgan fingerprint density at radius 1 is 1.06 bits per heavy atom. The van der Waals surface area contributed by atoms with Gasteiger partial charge in [-0.05, 0) is 54.9 Å². The quantitative estimate of drug-likeness (QED) is 0.694. The van der Waals surface area contributed by atoms with Crippen molar-refractivity contribution in [2.45, 2.75) is 51.4 Å². The second-order valence-corrected chi connectivity index (χ2v) is 9.80. The molecule has 5 heteroatoms. The lowest BCUT2D eigenvalue weighted by Gasteiger charge is -2.44. The van der Waals surface area contributed by atoms with E-state index in [4.69, 9.17) is 0 Å². The van der Waals surface area contributed by atoms with Gasteiger partial charge in [0, 0.05) is 45.5 Å². The van der Waals surface area contributed by atoms with Crippen LogP contribution in [0.4, 0.5) is 0 Å². The minimum Gasteiger partial charge on any atom is -0.348 e. The molecular weight excluding hydrogens is 398 g/mol. The van der Waals surface area contributed by atoms with Crippen molar-refractivity contribution in [1.29, 1.82) is 0 Å². The van der Waals surface area contributed by atoms with Gasteiger partial charge in [-0.15, -0.1) is 0 Å². The molecule has 2 fully saturated rings. The van der Waals surface area contributed by atoms with Crippen molar-refractivity contribution in [3.63, 3.8) is 0 Å². The van der Waals surface area contributed by atoms with E-state index in [0.29, 0.717) is 13.0 Å².